The number of rotatable bonds is 7. The summed E-state index contributed by atoms with van der Waals surface area (Å²) in [5, 5.41) is 13.6. The van der Waals surface area contributed by atoms with Gasteiger partial charge in [-0.1, -0.05) is 0 Å². The minimum absolute atomic E-state index is 0.0426. The van der Waals surface area contributed by atoms with Crippen LogP contribution in [0.1, 0.15) is 35.3 Å². The van der Waals surface area contributed by atoms with Crippen LogP contribution in [0.2, 0.25) is 0 Å². The first-order valence-corrected chi connectivity index (χ1v) is 9.52. The number of carbonyl (C=O) groups is 2. The fourth-order valence-electron chi connectivity index (χ4n) is 2.56. The lowest BCUT2D eigenvalue weighted by atomic mass is 10.1. The highest BCUT2D eigenvalue weighted by atomic mass is 32.2. The molecule has 0 aliphatic heterocycles. The molecule has 0 fully saturated rings. The van der Waals surface area contributed by atoms with Gasteiger partial charge < -0.3 is 14.8 Å². The molecule has 0 saturated carbocycles. The molecule has 6 nitrogen and oxygen atoms in total. The summed E-state index contributed by atoms with van der Waals surface area (Å²) < 4.78 is 10.6. The lowest BCUT2D eigenvalue weighted by Gasteiger charge is -2.13. The van der Waals surface area contributed by atoms with Crippen molar-refractivity contribution in [3.8, 4) is 11.2 Å². The van der Waals surface area contributed by atoms with Gasteiger partial charge >= 0.3 is 5.97 Å². The van der Waals surface area contributed by atoms with Gasteiger partial charge in [0.15, 0.2) is 6.61 Å². The zero-order chi connectivity index (χ0) is 20.7. The maximum atomic E-state index is 12.2. The van der Waals surface area contributed by atoms with Gasteiger partial charge in [0, 0.05) is 10.6 Å². The van der Waals surface area contributed by atoms with Crippen molar-refractivity contribution in [2.24, 2.45) is 0 Å². The number of nitriles is 1. The van der Waals surface area contributed by atoms with Crippen molar-refractivity contribution in [2.45, 2.75) is 38.7 Å². The second kappa shape index (κ2) is 9.81. The van der Waals surface area contributed by atoms with E-state index in [9.17, 15) is 9.59 Å². The molecule has 0 saturated heterocycles. The second-order valence-electron chi connectivity index (χ2n) is 6.44. The summed E-state index contributed by atoms with van der Waals surface area (Å²) in [6.07, 6.45) is 0.0426. The van der Waals surface area contributed by atoms with Crippen molar-refractivity contribution >= 4 is 29.3 Å². The van der Waals surface area contributed by atoms with E-state index in [-0.39, 0.29) is 6.10 Å². The van der Waals surface area contributed by atoms with Crippen LogP contribution in [-0.2, 0) is 9.53 Å². The predicted octanol–water partition coefficient (Wildman–Crippen LogP) is 4.46. The Morgan fingerprint density at radius 3 is 2.29 bits per heavy atom. The number of hydrogen-bond donors (Lipinski definition) is 1. The van der Waals surface area contributed by atoms with Gasteiger partial charge in [0.2, 0.25) is 0 Å². The minimum Gasteiger partial charge on any atom is -0.491 e. The van der Waals surface area contributed by atoms with E-state index in [1.54, 1.807) is 24.3 Å². The summed E-state index contributed by atoms with van der Waals surface area (Å²) in [5.41, 5.74) is 2.66. The van der Waals surface area contributed by atoms with Crippen LogP contribution < -0.4 is 10.1 Å². The molecule has 0 heterocycles. The molecule has 2 rings (SSSR count). The van der Waals surface area contributed by atoms with Gasteiger partial charge in [-0.15, -0.1) is 0 Å². The summed E-state index contributed by atoms with van der Waals surface area (Å²) in [6.45, 7) is 7.13. The average molecular weight is 398 g/mol. The Morgan fingerprint density at radius 2 is 1.75 bits per heavy atom. The number of thiocyanates is 1. The summed E-state index contributed by atoms with van der Waals surface area (Å²) >= 11 is 1.06. The van der Waals surface area contributed by atoms with Crippen molar-refractivity contribution in [1.29, 1.82) is 5.26 Å². The Labute approximate surface area is 168 Å². The number of nitrogens with one attached hydrogen (secondary N) is 1. The summed E-state index contributed by atoms with van der Waals surface area (Å²) in [4.78, 5) is 25.1. The Balaban J connectivity index is 1.93. The number of ether oxygens (including phenoxy) is 2. The molecule has 146 valence electrons. The molecular weight excluding hydrogens is 376 g/mol. The molecule has 0 radical (unpaired) electrons. The Hall–Kier alpha value is -2.98. The summed E-state index contributed by atoms with van der Waals surface area (Å²) in [5.74, 6) is -0.353. The van der Waals surface area contributed by atoms with Gasteiger partial charge in [0.25, 0.3) is 5.91 Å². The Morgan fingerprint density at radius 1 is 1.14 bits per heavy atom. The highest BCUT2D eigenvalue weighted by molar-refractivity contribution is 8.03. The fourth-order valence-corrected chi connectivity index (χ4v) is 3.14. The molecule has 0 aromatic heterocycles. The third-order valence-electron chi connectivity index (χ3n) is 3.73. The first kappa shape index (κ1) is 21.3. The summed E-state index contributed by atoms with van der Waals surface area (Å²) in [7, 11) is 0. The number of anilines is 1. The number of amides is 1. The first-order valence-electron chi connectivity index (χ1n) is 8.71. The third-order valence-corrected chi connectivity index (χ3v) is 4.29. The molecule has 2 aromatic rings. The van der Waals surface area contributed by atoms with Gasteiger partial charge in [0.1, 0.15) is 11.2 Å². The molecule has 1 amide bonds. The van der Waals surface area contributed by atoms with Gasteiger partial charge in [-0.2, -0.15) is 5.26 Å². The predicted molar refractivity (Wildman–Crippen MR) is 109 cm³/mol. The molecule has 0 aliphatic rings. The number of aryl methyl sites for hydroxylation is 2. The topological polar surface area (TPSA) is 88.4 Å². The number of benzene rings is 2. The van der Waals surface area contributed by atoms with Crippen LogP contribution in [0.4, 0.5) is 5.69 Å². The minimum atomic E-state index is -0.583. The van der Waals surface area contributed by atoms with Crippen LogP contribution in [0.5, 0.6) is 5.75 Å². The van der Waals surface area contributed by atoms with Crippen LogP contribution in [0.3, 0.4) is 0 Å². The van der Waals surface area contributed by atoms with E-state index in [2.05, 4.69) is 5.32 Å². The normalized spacial score (nSPS) is 10.3. The highest BCUT2D eigenvalue weighted by Gasteiger charge is 2.13. The maximum Gasteiger partial charge on any atom is 0.338 e. The number of thioether (sulfide) groups is 1. The van der Waals surface area contributed by atoms with E-state index >= 15 is 0 Å². The lowest BCUT2D eigenvalue weighted by molar-refractivity contribution is -0.119. The zero-order valence-electron chi connectivity index (χ0n) is 16.2. The van der Waals surface area contributed by atoms with Crippen molar-refractivity contribution in [3.05, 3.63) is 53.1 Å². The van der Waals surface area contributed by atoms with Crippen LogP contribution in [0, 0.1) is 24.5 Å². The van der Waals surface area contributed by atoms with Crippen molar-refractivity contribution < 1.29 is 19.1 Å². The summed E-state index contributed by atoms with van der Waals surface area (Å²) in [6, 6.07) is 10.2. The lowest BCUT2D eigenvalue weighted by Crippen LogP contribution is -2.22. The molecule has 0 atom stereocenters. The zero-order valence-corrected chi connectivity index (χ0v) is 17.1. The van der Waals surface area contributed by atoms with Gasteiger partial charge in [-0.3, -0.25) is 4.79 Å². The van der Waals surface area contributed by atoms with Crippen LogP contribution in [-0.4, -0.2) is 24.6 Å². The van der Waals surface area contributed by atoms with E-state index in [1.807, 2.05) is 45.2 Å². The number of hydrogen-bond acceptors (Lipinski definition) is 6. The highest BCUT2D eigenvalue weighted by Crippen LogP contribution is 2.27. The SMILES string of the molecule is Cc1cc(SC#N)cc(C)c1NC(=O)COC(=O)c1ccc(OC(C)C)cc1. The van der Waals surface area contributed by atoms with Crippen molar-refractivity contribution in [2.75, 3.05) is 11.9 Å². The number of esters is 1. The Bertz CT molecular complexity index is 879. The molecule has 2 aromatic carbocycles. The molecule has 1 N–H and O–H groups in total. The second-order valence-corrected chi connectivity index (χ2v) is 7.30. The smallest absolute Gasteiger partial charge is 0.338 e. The Kier molecular flexibility index (Phi) is 7.47. The first-order chi connectivity index (χ1) is 13.3. The van der Waals surface area contributed by atoms with E-state index in [0.717, 1.165) is 27.8 Å². The fraction of sp³-hybridized carbons (Fsp3) is 0.286. The standard InChI is InChI=1S/C21H22N2O4S/c1-13(2)27-17-7-5-16(6-8-17)21(25)26-11-19(24)23-20-14(3)9-18(28-12-22)10-15(20)4/h5-10,13H,11H2,1-4H3,(H,23,24). The maximum absolute atomic E-state index is 12.2. The largest absolute Gasteiger partial charge is 0.491 e. The third kappa shape index (κ3) is 6.03. The van der Waals surface area contributed by atoms with E-state index in [1.165, 1.54) is 0 Å². The molecule has 0 unspecified atom stereocenters. The molecule has 28 heavy (non-hydrogen) atoms. The van der Waals surface area contributed by atoms with Gasteiger partial charge in [0.05, 0.1) is 11.7 Å². The molecular formula is C21H22N2O4S. The number of carbonyl (C=O) groups excluding carboxylic acids is 2. The van der Waals surface area contributed by atoms with Crippen molar-refractivity contribution in [1.82, 2.24) is 0 Å². The van der Waals surface area contributed by atoms with Crippen molar-refractivity contribution in [3.63, 3.8) is 0 Å². The van der Waals surface area contributed by atoms with Crippen LogP contribution in [0.25, 0.3) is 0 Å². The quantitative estimate of drug-likeness (QED) is 0.421. The van der Waals surface area contributed by atoms with Gasteiger partial charge in [-0.05, 0) is 87.0 Å². The average Bonchev–Trinajstić information content (AvgIpc) is 2.63. The van der Waals surface area contributed by atoms with E-state index < -0.39 is 18.5 Å². The molecule has 0 aliphatic carbocycles. The van der Waals surface area contributed by atoms with Gasteiger partial charge in [-0.25, -0.2) is 4.79 Å². The molecule has 0 spiro atoms. The molecule has 7 heteroatoms. The van der Waals surface area contributed by atoms with Crippen LogP contribution >= 0.6 is 11.8 Å². The monoisotopic (exact) mass is 398 g/mol. The van der Waals surface area contributed by atoms with E-state index in [0.29, 0.717) is 17.0 Å². The van der Waals surface area contributed by atoms with Crippen LogP contribution in [0.15, 0.2) is 41.3 Å². The number of nitrogens with zero attached hydrogens (tertiary/aromatic N) is 1. The molecule has 0 bridgehead atoms. The van der Waals surface area contributed by atoms with E-state index in [4.69, 9.17) is 14.7 Å².